The van der Waals surface area contributed by atoms with Gasteiger partial charge in [0.15, 0.2) is 0 Å². The molecule has 0 saturated heterocycles. The molecule has 0 bridgehead atoms. The van der Waals surface area contributed by atoms with Gasteiger partial charge in [0.05, 0.1) is 0 Å². The highest BCUT2D eigenvalue weighted by Gasteiger charge is 2.14. The van der Waals surface area contributed by atoms with Crippen LogP contribution in [-0.4, -0.2) is 13.1 Å². The molecule has 1 atom stereocenters. The fourth-order valence-electron chi connectivity index (χ4n) is 2.31. The molecule has 102 valence electrons. The minimum Gasteiger partial charge on any atom is -0.316 e. The van der Waals surface area contributed by atoms with Gasteiger partial charge in [-0.1, -0.05) is 57.7 Å². The Hall–Kier alpha value is -0.890. The third-order valence-corrected chi connectivity index (χ3v) is 3.39. The second-order valence-electron chi connectivity index (χ2n) is 4.88. The normalized spacial score (nSPS) is 12.6. The lowest BCUT2D eigenvalue weighted by Crippen LogP contribution is -2.22. The number of halogens is 1. The van der Waals surface area contributed by atoms with Crippen LogP contribution in [0.4, 0.5) is 4.39 Å². The van der Waals surface area contributed by atoms with Gasteiger partial charge in [-0.2, -0.15) is 0 Å². The first-order chi connectivity index (χ1) is 8.79. The van der Waals surface area contributed by atoms with E-state index in [0.717, 1.165) is 25.1 Å². The van der Waals surface area contributed by atoms with Crippen molar-refractivity contribution in [2.75, 3.05) is 13.1 Å². The summed E-state index contributed by atoms with van der Waals surface area (Å²) >= 11 is 0. The second-order valence-corrected chi connectivity index (χ2v) is 4.88. The van der Waals surface area contributed by atoms with Crippen molar-refractivity contribution in [3.8, 4) is 0 Å². The summed E-state index contributed by atoms with van der Waals surface area (Å²) in [6.45, 7) is 6.13. The van der Waals surface area contributed by atoms with Crippen molar-refractivity contribution >= 4 is 0 Å². The lowest BCUT2D eigenvalue weighted by Gasteiger charge is -2.18. The van der Waals surface area contributed by atoms with E-state index in [1.54, 1.807) is 12.1 Å². The van der Waals surface area contributed by atoms with Crippen LogP contribution in [0.3, 0.4) is 0 Å². The van der Waals surface area contributed by atoms with Gasteiger partial charge >= 0.3 is 0 Å². The van der Waals surface area contributed by atoms with Crippen LogP contribution in [0, 0.1) is 5.82 Å². The summed E-state index contributed by atoms with van der Waals surface area (Å²) < 4.78 is 13.8. The summed E-state index contributed by atoms with van der Waals surface area (Å²) in [6, 6.07) is 7.20. The van der Waals surface area contributed by atoms with Crippen molar-refractivity contribution in [3.05, 3.63) is 35.6 Å². The Morgan fingerprint density at radius 1 is 1.11 bits per heavy atom. The summed E-state index contributed by atoms with van der Waals surface area (Å²) in [5.74, 6) is 0.249. The average Bonchev–Trinajstić information content (AvgIpc) is 2.39. The van der Waals surface area contributed by atoms with E-state index in [-0.39, 0.29) is 5.82 Å². The standard InChI is InChI=1S/C16H26FN/c1-3-5-6-7-10-14(13-18-4-2)15-11-8-9-12-16(15)17/h8-9,11-12,14,18H,3-7,10,13H2,1-2H3. The highest BCUT2D eigenvalue weighted by molar-refractivity contribution is 5.22. The molecule has 0 fully saturated rings. The third kappa shape index (κ3) is 5.18. The molecule has 1 nitrogen and oxygen atoms in total. The van der Waals surface area contributed by atoms with Crippen molar-refractivity contribution in [1.82, 2.24) is 5.32 Å². The third-order valence-electron chi connectivity index (χ3n) is 3.39. The van der Waals surface area contributed by atoms with Crippen molar-refractivity contribution in [1.29, 1.82) is 0 Å². The van der Waals surface area contributed by atoms with Gasteiger partial charge in [-0.05, 0) is 30.5 Å². The number of hydrogen-bond acceptors (Lipinski definition) is 1. The van der Waals surface area contributed by atoms with Gasteiger partial charge in [-0.25, -0.2) is 4.39 Å². The SMILES string of the molecule is CCCCCCC(CNCC)c1ccccc1F. The zero-order valence-electron chi connectivity index (χ0n) is 11.7. The molecular formula is C16H26FN. The van der Waals surface area contributed by atoms with Crippen LogP contribution < -0.4 is 5.32 Å². The van der Waals surface area contributed by atoms with E-state index in [2.05, 4.69) is 19.2 Å². The summed E-state index contributed by atoms with van der Waals surface area (Å²) in [4.78, 5) is 0. The largest absolute Gasteiger partial charge is 0.316 e. The van der Waals surface area contributed by atoms with Gasteiger partial charge in [-0.3, -0.25) is 0 Å². The Morgan fingerprint density at radius 2 is 1.89 bits per heavy atom. The Kier molecular flexibility index (Phi) is 7.66. The number of unbranched alkanes of at least 4 members (excludes halogenated alkanes) is 3. The molecule has 18 heavy (non-hydrogen) atoms. The van der Waals surface area contributed by atoms with E-state index in [1.807, 2.05) is 12.1 Å². The zero-order chi connectivity index (χ0) is 13.2. The molecule has 0 spiro atoms. The monoisotopic (exact) mass is 251 g/mol. The van der Waals surface area contributed by atoms with Crippen LogP contribution in [-0.2, 0) is 0 Å². The van der Waals surface area contributed by atoms with Gasteiger partial charge in [0.2, 0.25) is 0 Å². The fraction of sp³-hybridized carbons (Fsp3) is 0.625. The molecule has 2 heteroatoms. The summed E-state index contributed by atoms with van der Waals surface area (Å²) in [7, 11) is 0. The zero-order valence-corrected chi connectivity index (χ0v) is 11.7. The number of nitrogens with one attached hydrogen (secondary N) is 1. The topological polar surface area (TPSA) is 12.0 Å². The number of benzene rings is 1. The lowest BCUT2D eigenvalue weighted by atomic mass is 9.92. The van der Waals surface area contributed by atoms with Crippen LogP contribution in [0.5, 0.6) is 0 Å². The molecule has 0 aliphatic carbocycles. The molecule has 0 saturated carbocycles. The van der Waals surface area contributed by atoms with Crippen LogP contribution in [0.2, 0.25) is 0 Å². The molecule has 0 aliphatic heterocycles. The highest BCUT2D eigenvalue weighted by atomic mass is 19.1. The van der Waals surface area contributed by atoms with Crippen molar-refractivity contribution in [2.24, 2.45) is 0 Å². The van der Waals surface area contributed by atoms with Gasteiger partial charge in [0, 0.05) is 6.54 Å². The molecule has 1 aromatic carbocycles. The summed E-state index contributed by atoms with van der Waals surface area (Å²) in [6.07, 6.45) is 6.06. The van der Waals surface area contributed by atoms with E-state index < -0.39 is 0 Å². The molecule has 0 radical (unpaired) electrons. The molecule has 0 amide bonds. The molecule has 0 aliphatic rings. The van der Waals surface area contributed by atoms with E-state index >= 15 is 0 Å². The van der Waals surface area contributed by atoms with E-state index in [1.165, 1.54) is 25.7 Å². The van der Waals surface area contributed by atoms with Crippen LogP contribution >= 0.6 is 0 Å². The predicted molar refractivity (Wildman–Crippen MR) is 76.4 cm³/mol. The first-order valence-corrected chi connectivity index (χ1v) is 7.24. The van der Waals surface area contributed by atoms with E-state index in [9.17, 15) is 4.39 Å². The van der Waals surface area contributed by atoms with Crippen LogP contribution in [0.25, 0.3) is 0 Å². The van der Waals surface area contributed by atoms with E-state index in [4.69, 9.17) is 0 Å². The number of hydrogen-bond donors (Lipinski definition) is 1. The first kappa shape index (κ1) is 15.2. The van der Waals surface area contributed by atoms with Gasteiger partial charge < -0.3 is 5.32 Å². The second kappa shape index (κ2) is 9.09. The molecule has 0 heterocycles. The molecule has 1 N–H and O–H groups in total. The maximum Gasteiger partial charge on any atom is 0.126 e. The van der Waals surface area contributed by atoms with Crippen molar-refractivity contribution in [2.45, 2.75) is 51.9 Å². The van der Waals surface area contributed by atoms with Crippen LogP contribution in [0.15, 0.2) is 24.3 Å². The van der Waals surface area contributed by atoms with Gasteiger partial charge in [0.1, 0.15) is 5.82 Å². The Morgan fingerprint density at radius 3 is 2.56 bits per heavy atom. The quantitative estimate of drug-likeness (QED) is 0.638. The molecule has 1 aromatic rings. The van der Waals surface area contributed by atoms with Crippen molar-refractivity contribution in [3.63, 3.8) is 0 Å². The van der Waals surface area contributed by atoms with E-state index in [0.29, 0.717) is 5.92 Å². The fourth-order valence-corrected chi connectivity index (χ4v) is 2.31. The molecule has 1 rings (SSSR count). The lowest BCUT2D eigenvalue weighted by molar-refractivity contribution is 0.497. The maximum atomic E-state index is 13.8. The predicted octanol–water partition coefficient (Wildman–Crippen LogP) is 4.49. The summed E-state index contributed by atoms with van der Waals surface area (Å²) in [5.41, 5.74) is 0.870. The highest BCUT2D eigenvalue weighted by Crippen LogP contribution is 2.24. The van der Waals surface area contributed by atoms with Crippen LogP contribution in [0.1, 0.15) is 57.4 Å². The van der Waals surface area contributed by atoms with Gasteiger partial charge in [-0.15, -0.1) is 0 Å². The smallest absolute Gasteiger partial charge is 0.126 e. The average molecular weight is 251 g/mol. The Labute approximate surface area is 111 Å². The minimum absolute atomic E-state index is 0.0594. The minimum atomic E-state index is -0.0594. The Bertz CT molecular complexity index is 325. The molecule has 1 unspecified atom stereocenters. The van der Waals surface area contributed by atoms with Gasteiger partial charge in [0.25, 0.3) is 0 Å². The summed E-state index contributed by atoms with van der Waals surface area (Å²) in [5, 5.41) is 3.35. The number of rotatable bonds is 9. The maximum absolute atomic E-state index is 13.8. The Balaban J connectivity index is 2.57. The molecular weight excluding hydrogens is 225 g/mol. The number of likely N-dealkylation sites (N-methyl/N-ethyl adjacent to an activating group) is 1. The first-order valence-electron chi connectivity index (χ1n) is 7.24. The molecule has 0 aromatic heterocycles. The van der Waals surface area contributed by atoms with Crippen molar-refractivity contribution < 1.29 is 4.39 Å².